The van der Waals surface area contributed by atoms with Crippen molar-refractivity contribution in [3.63, 3.8) is 0 Å². The van der Waals surface area contributed by atoms with Crippen molar-refractivity contribution in [3.8, 4) is 0 Å². The van der Waals surface area contributed by atoms with Crippen LogP contribution in [0, 0.1) is 11.3 Å². The van der Waals surface area contributed by atoms with Crippen molar-refractivity contribution < 1.29 is 19.5 Å². The molecule has 3 heterocycles. The molecule has 3 fully saturated rings. The predicted molar refractivity (Wildman–Crippen MR) is 91.3 cm³/mol. The SMILES string of the molecule is Cn1nccc1C(=O)N1CC2(CCN(C(=O)C3CC3)CC2)C[C@H]1C(=O)O. The minimum atomic E-state index is -0.964. The lowest BCUT2D eigenvalue weighted by Gasteiger charge is -2.39. The van der Waals surface area contributed by atoms with Gasteiger partial charge in [0.1, 0.15) is 11.7 Å². The summed E-state index contributed by atoms with van der Waals surface area (Å²) < 4.78 is 1.48. The van der Waals surface area contributed by atoms with E-state index in [0.29, 0.717) is 31.7 Å². The molecule has 8 nitrogen and oxygen atoms in total. The van der Waals surface area contributed by atoms with E-state index in [9.17, 15) is 19.5 Å². The van der Waals surface area contributed by atoms with Gasteiger partial charge in [-0.2, -0.15) is 5.10 Å². The number of nitrogens with zero attached hydrogens (tertiary/aromatic N) is 4. The van der Waals surface area contributed by atoms with Crippen LogP contribution in [0.15, 0.2) is 12.3 Å². The molecule has 1 saturated carbocycles. The summed E-state index contributed by atoms with van der Waals surface area (Å²) in [4.78, 5) is 40.3. The van der Waals surface area contributed by atoms with Crippen molar-refractivity contribution in [2.75, 3.05) is 19.6 Å². The van der Waals surface area contributed by atoms with Crippen LogP contribution in [-0.2, 0) is 16.6 Å². The topological polar surface area (TPSA) is 95.7 Å². The van der Waals surface area contributed by atoms with Gasteiger partial charge in [0, 0.05) is 38.8 Å². The number of hydrogen-bond donors (Lipinski definition) is 1. The van der Waals surface area contributed by atoms with Crippen molar-refractivity contribution >= 4 is 17.8 Å². The number of rotatable bonds is 3. The quantitative estimate of drug-likeness (QED) is 0.858. The van der Waals surface area contributed by atoms with E-state index in [4.69, 9.17) is 0 Å². The Hall–Kier alpha value is -2.38. The first kappa shape index (κ1) is 17.1. The Morgan fingerprint density at radius 3 is 2.46 bits per heavy atom. The summed E-state index contributed by atoms with van der Waals surface area (Å²) in [6.45, 7) is 1.75. The zero-order chi connectivity index (χ0) is 18.5. The van der Waals surface area contributed by atoms with Gasteiger partial charge in [-0.05, 0) is 43.6 Å². The van der Waals surface area contributed by atoms with Crippen LogP contribution >= 0.6 is 0 Å². The van der Waals surface area contributed by atoms with Crippen LogP contribution in [0.2, 0.25) is 0 Å². The Morgan fingerprint density at radius 2 is 1.92 bits per heavy atom. The van der Waals surface area contributed by atoms with Gasteiger partial charge in [-0.3, -0.25) is 14.3 Å². The highest BCUT2D eigenvalue weighted by Crippen LogP contribution is 2.44. The Balaban J connectivity index is 1.49. The van der Waals surface area contributed by atoms with Gasteiger partial charge in [-0.15, -0.1) is 0 Å². The molecule has 4 rings (SSSR count). The highest BCUT2D eigenvalue weighted by Gasteiger charge is 2.51. The molecule has 0 radical (unpaired) electrons. The van der Waals surface area contributed by atoms with Gasteiger partial charge < -0.3 is 14.9 Å². The van der Waals surface area contributed by atoms with Gasteiger partial charge in [0.2, 0.25) is 5.91 Å². The summed E-state index contributed by atoms with van der Waals surface area (Å²) in [5.74, 6) is -0.794. The lowest BCUT2D eigenvalue weighted by Crippen LogP contribution is -2.45. The molecule has 2 amide bonds. The maximum Gasteiger partial charge on any atom is 0.326 e. The van der Waals surface area contributed by atoms with E-state index in [1.807, 2.05) is 4.90 Å². The number of carboxylic acid groups (broad SMARTS) is 1. The monoisotopic (exact) mass is 360 g/mol. The Labute approximate surface area is 151 Å². The summed E-state index contributed by atoms with van der Waals surface area (Å²) in [6, 6.07) is 0.798. The molecule has 0 bridgehead atoms. The van der Waals surface area contributed by atoms with Crippen LogP contribution in [0.25, 0.3) is 0 Å². The third kappa shape index (κ3) is 2.87. The summed E-state index contributed by atoms with van der Waals surface area (Å²) >= 11 is 0. The van der Waals surface area contributed by atoms with Gasteiger partial charge in [0.15, 0.2) is 0 Å². The van der Waals surface area contributed by atoms with Crippen molar-refractivity contribution in [1.29, 1.82) is 0 Å². The van der Waals surface area contributed by atoms with E-state index in [-0.39, 0.29) is 23.1 Å². The average molecular weight is 360 g/mol. The molecule has 8 heteroatoms. The Morgan fingerprint density at radius 1 is 1.23 bits per heavy atom. The third-order valence-corrected chi connectivity index (χ3v) is 6.16. The molecule has 1 N–H and O–H groups in total. The van der Waals surface area contributed by atoms with Crippen LogP contribution in [0.4, 0.5) is 0 Å². The molecular weight excluding hydrogens is 336 g/mol. The van der Waals surface area contributed by atoms with Crippen molar-refractivity contribution in [3.05, 3.63) is 18.0 Å². The van der Waals surface area contributed by atoms with Crippen molar-refractivity contribution in [2.24, 2.45) is 18.4 Å². The molecule has 1 atom stereocenters. The average Bonchev–Trinajstić information content (AvgIpc) is 3.28. The molecular formula is C18H24N4O4. The van der Waals surface area contributed by atoms with E-state index < -0.39 is 12.0 Å². The van der Waals surface area contributed by atoms with Crippen molar-refractivity contribution in [2.45, 2.75) is 38.1 Å². The van der Waals surface area contributed by atoms with Crippen LogP contribution in [0.3, 0.4) is 0 Å². The number of hydrogen-bond acceptors (Lipinski definition) is 4. The zero-order valence-corrected chi connectivity index (χ0v) is 14.9. The van der Waals surface area contributed by atoms with Crippen LogP contribution in [0.1, 0.15) is 42.6 Å². The molecule has 2 saturated heterocycles. The van der Waals surface area contributed by atoms with Crippen molar-refractivity contribution in [1.82, 2.24) is 19.6 Å². The summed E-state index contributed by atoms with van der Waals surface area (Å²) in [5.41, 5.74) is 0.187. The number of aryl methyl sites for hydroxylation is 1. The second-order valence-corrected chi connectivity index (χ2v) is 7.93. The molecule has 140 valence electrons. The zero-order valence-electron chi connectivity index (χ0n) is 14.9. The van der Waals surface area contributed by atoms with Gasteiger partial charge in [0.25, 0.3) is 5.91 Å². The lowest BCUT2D eigenvalue weighted by molar-refractivity contribution is -0.141. The molecule has 2 aliphatic heterocycles. The first-order chi connectivity index (χ1) is 12.4. The van der Waals surface area contributed by atoms with E-state index in [2.05, 4.69) is 5.10 Å². The normalized spacial score (nSPS) is 24.9. The van der Waals surface area contributed by atoms with Gasteiger partial charge in [-0.25, -0.2) is 4.79 Å². The molecule has 1 aliphatic carbocycles. The van der Waals surface area contributed by atoms with Gasteiger partial charge in [-0.1, -0.05) is 0 Å². The molecule has 26 heavy (non-hydrogen) atoms. The third-order valence-electron chi connectivity index (χ3n) is 6.16. The summed E-state index contributed by atoms with van der Waals surface area (Å²) in [7, 11) is 1.68. The van der Waals surface area contributed by atoms with Gasteiger partial charge >= 0.3 is 5.97 Å². The maximum absolute atomic E-state index is 12.9. The summed E-state index contributed by atoms with van der Waals surface area (Å²) in [5, 5.41) is 13.7. The summed E-state index contributed by atoms with van der Waals surface area (Å²) in [6.07, 6.45) is 5.49. The molecule has 1 aromatic heterocycles. The molecule has 3 aliphatic rings. The smallest absolute Gasteiger partial charge is 0.326 e. The number of carbonyl (C=O) groups excluding carboxylic acids is 2. The Bertz CT molecular complexity index is 746. The fourth-order valence-corrected chi connectivity index (χ4v) is 4.37. The largest absolute Gasteiger partial charge is 0.480 e. The first-order valence-corrected chi connectivity index (χ1v) is 9.21. The number of amides is 2. The number of aromatic nitrogens is 2. The van der Waals surface area contributed by atoms with E-state index >= 15 is 0 Å². The molecule has 0 unspecified atom stereocenters. The lowest BCUT2D eigenvalue weighted by atomic mass is 9.76. The number of likely N-dealkylation sites (tertiary alicyclic amines) is 2. The predicted octanol–water partition coefficient (Wildman–Crippen LogP) is 0.738. The molecule has 0 aromatic carbocycles. The van der Waals surface area contributed by atoms with E-state index in [1.165, 1.54) is 15.8 Å². The maximum atomic E-state index is 12.9. The highest BCUT2D eigenvalue weighted by atomic mass is 16.4. The minimum Gasteiger partial charge on any atom is -0.480 e. The second kappa shape index (κ2) is 6.10. The molecule has 1 spiro atoms. The van der Waals surface area contributed by atoms with Crippen LogP contribution in [-0.4, -0.2) is 68.1 Å². The number of aliphatic carboxylic acids is 1. The van der Waals surface area contributed by atoms with Crippen LogP contribution in [0.5, 0.6) is 0 Å². The van der Waals surface area contributed by atoms with E-state index in [1.54, 1.807) is 13.1 Å². The standard InChI is InChI=1S/C18H24N4O4/c1-20-13(4-7-19-20)16(24)22-11-18(10-14(22)17(25)26)5-8-21(9-6-18)15(23)12-2-3-12/h4,7,12,14H,2-3,5-6,8-11H2,1H3,(H,25,26)/t14-/m0/s1. The highest BCUT2D eigenvalue weighted by molar-refractivity contribution is 5.95. The fourth-order valence-electron chi connectivity index (χ4n) is 4.37. The van der Waals surface area contributed by atoms with Gasteiger partial charge in [0.05, 0.1) is 0 Å². The first-order valence-electron chi connectivity index (χ1n) is 9.21. The van der Waals surface area contributed by atoms with Crippen LogP contribution < -0.4 is 0 Å². The minimum absolute atomic E-state index is 0.210. The Kier molecular flexibility index (Phi) is 4.00. The fraction of sp³-hybridized carbons (Fsp3) is 0.667. The van der Waals surface area contributed by atoms with E-state index in [0.717, 1.165) is 25.7 Å². The molecule has 1 aromatic rings. The second-order valence-electron chi connectivity index (χ2n) is 7.93. The number of carbonyl (C=O) groups is 3. The number of carboxylic acids is 1. The number of piperidine rings is 1.